The fraction of sp³-hybridized carbons (Fsp3) is 0.355. The first-order chi connectivity index (χ1) is 17.6. The summed E-state index contributed by atoms with van der Waals surface area (Å²) in [6.45, 7) is 4.36. The molecule has 0 spiro atoms. The number of aliphatic hydroxyl groups is 1. The van der Waals surface area contributed by atoms with Gasteiger partial charge < -0.3 is 23.9 Å². The van der Waals surface area contributed by atoms with Crippen LogP contribution in [0.4, 0.5) is 0 Å². The number of benzene rings is 3. The Hall–Kier alpha value is -3.48. The highest BCUT2D eigenvalue weighted by Gasteiger charge is 2.36. The maximum atomic E-state index is 10.2. The lowest BCUT2D eigenvalue weighted by Gasteiger charge is -2.41. The van der Waals surface area contributed by atoms with Gasteiger partial charge >= 0.3 is 0 Å². The number of rotatable bonds is 6. The van der Waals surface area contributed by atoms with Crippen LogP contribution in [-0.2, 0) is 32.7 Å². The fourth-order valence-corrected chi connectivity index (χ4v) is 5.96. The van der Waals surface area contributed by atoms with Gasteiger partial charge in [0.25, 0.3) is 0 Å². The maximum Gasteiger partial charge on any atom is 0.161 e. The van der Waals surface area contributed by atoms with E-state index in [4.69, 9.17) is 14.2 Å². The predicted octanol–water partition coefficient (Wildman–Crippen LogP) is 5.79. The van der Waals surface area contributed by atoms with Crippen LogP contribution >= 0.6 is 0 Å². The molecule has 0 bridgehead atoms. The average Bonchev–Trinajstić information content (AvgIpc) is 3.21. The van der Waals surface area contributed by atoms with Gasteiger partial charge in [-0.3, -0.25) is 4.90 Å². The molecular weight excluding hydrogens is 464 g/mol. The highest BCUT2D eigenvalue weighted by molar-refractivity contribution is 5.87. The lowest BCUT2D eigenvalue weighted by atomic mass is 9.85. The highest BCUT2D eigenvalue weighted by atomic mass is 16.5. The summed E-state index contributed by atoms with van der Waals surface area (Å²) in [4.78, 5) is 2.53. The number of aliphatic hydroxyl groups excluding tert-OH is 1. The SMILES string of the molecule is C.COc1ccc2c(c1)c1c(n2CO)CN2CCc3cc(OCc4cccc(C)c4)c(OC)cc3C2C1. The number of fused-ring (bicyclic) bond motifs is 6. The number of ether oxygens (including phenoxy) is 3. The second kappa shape index (κ2) is 10.1. The number of nitrogens with zero attached hydrogens (tertiary/aromatic N) is 2. The molecule has 4 aromatic rings. The van der Waals surface area contributed by atoms with E-state index in [1.54, 1.807) is 14.2 Å². The number of aryl methyl sites for hydroxylation is 1. The first-order valence-corrected chi connectivity index (χ1v) is 12.5. The van der Waals surface area contributed by atoms with Crippen molar-refractivity contribution in [1.29, 1.82) is 0 Å². The summed E-state index contributed by atoms with van der Waals surface area (Å²) in [5, 5.41) is 11.4. The molecular formula is C31H36N2O4. The van der Waals surface area contributed by atoms with Crippen molar-refractivity contribution < 1.29 is 19.3 Å². The van der Waals surface area contributed by atoms with Gasteiger partial charge in [0.15, 0.2) is 11.5 Å². The molecule has 194 valence electrons. The third-order valence-corrected chi connectivity index (χ3v) is 7.76. The number of hydrogen-bond donors (Lipinski definition) is 1. The van der Waals surface area contributed by atoms with E-state index >= 15 is 0 Å². The summed E-state index contributed by atoms with van der Waals surface area (Å²) in [5.74, 6) is 2.40. The molecule has 0 saturated heterocycles. The van der Waals surface area contributed by atoms with Gasteiger partial charge in [-0.05, 0) is 72.4 Å². The second-order valence-corrected chi connectivity index (χ2v) is 9.80. The minimum absolute atomic E-state index is 0. The summed E-state index contributed by atoms with van der Waals surface area (Å²) in [7, 11) is 3.41. The standard InChI is InChI=1S/C30H32N2O4.CH4/c1-19-5-4-6-20(11-19)17-36-30-12-21-9-10-31-16-28-25(14-27(31)23(21)15-29(30)35-3)24-13-22(34-2)7-8-26(24)32(28)18-33;/h4-8,11-13,15,27,33H,9-10,14,16-18H2,1-3H3;1H4. The van der Waals surface area contributed by atoms with Crippen LogP contribution in [0, 0.1) is 6.92 Å². The molecule has 6 nitrogen and oxygen atoms in total. The van der Waals surface area contributed by atoms with Crippen molar-refractivity contribution >= 4 is 10.9 Å². The van der Waals surface area contributed by atoms with Crippen LogP contribution in [-0.4, -0.2) is 35.3 Å². The molecule has 0 fully saturated rings. The molecule has 1 atom stereocenters. The highest BCUT2D eigenvalue weighted by Crippen LogP contribution is 2.45. The second-order valence-electron chi connectivity index (χ2n) is 9.80. The van der Waals surface area contributed by atoms with E-state index in [0.717, 1.165) is 59.6 Å². The van der Waals surface area contributed by atoms with E-state index in [1.807, 2.05) is 10.6 Å². The summed E-state index contributed by atoms with van der Waals surface area (Å²) >= 11 is 0. The Labute approximate surface area is 219 Å². The van der Waals surface area contributed by atoms with E-state index < -0.39 is 0 Å². The summed E-state index contributed by atoms with van der Waals surface area (Å²) in [6.07, 6.45) is 1.84. The molecule has 0 radical (unpaired) electrons. The van der Waals surface area contributed by atoms with Crippen LogP contribution < -0.4 is 14.2 Å². The molecule has 3 aromatic carbocycles. The molecule has 6 rings (SSSR count). The van der Waals surface area contributed by atoms with Crippen LogP contribution in [0.5, 0.6) is 17.2 Å². The van der Waals surface area contributed by atoms with Crippen molar-refractivity contribution in [3.05, 3.63) is 88.1 Å². The molecule has 0 amide bonds. The van der Waals surface area contributed by atoms with Gasteiger partial charge in [-0.15, -0.1) is 0 Å². The van der Waals surface area contributed by atoms with Crippen LogP contribution in [0.15, 0.2) is 54.6 Å². The third-order valence-electron chi connectivity index (χ3n) is 7.76. The van der Waals surface area contributed by atoms with E-state index in [-0.39, 0.29) is 20.2 Å². The third kappa shape index (κ3) is 4.34. The minimum atomic E-state index is -0.0251. The number of methoxy groups -OCH3 is 2. The van der Waals surface area contributed by atoms with Crippen LogP contribution in [0.3, 0.4) is 0 Å². The monoisotopic (exact) mass is 500 g/mol. The van der Waals surface area contributed by atoms with E-state index in [0.29, 0.717) is 6.61 Å². The zero-order valence-electron chi connectivity index (χ0n) is 21.1. The Morgan fingerprint density at radius 2 is 1.86 bits per heavy atom. The van der Waals surface area contributed by atoms with Crippen LogP contribution in [0.2, 0.25) is 0 Å². The zero-order chi connectivity index (χ0) is 24.8. The first kappa shape index (κ1) is 25.2. The number of hydrogen-bond acceptors (Lipinski definition) is 5. The van der Waals surface area contributed by atoms with Crippen LogP contribution in [0.25, 0.3) is 10.9 Å². The van der Waals surface area contributed by atoms with Gasteiger partial charge in [-0.1, -0.05) is 37.3 Å². The van der Waals surface area contributed by atoms with Gasteiger partial charge in [0.1, 0.15) is 19.1 Å². The topological polar surface area (TPSA) is 56.1 Å². The summed E-state index contributed by atoms with van der Waals surface area (Å²) < 4.78 is 19.6. The molecule has 6 heteroatoms. The molecule has 1 unspecified atom stereocenters. The predicted molar refractivity (Wildman–Crippen MR) is 147 cm³/mol. The van der Waals surface area contributed by atoms with Crippen molar-refractivity contribution in [2.45, 2.75) is 53.1 Å². The molecule has 37 heavy (non-hydrogen) atoms. The zero-order valence-corrected chi connectivity index (χ0v) is 21.1. The van der Waals surface area contributed by atoms with Crippen molar-refractivity contribution in [2.24, 2.45) is 0 Å². The Morgan fingerprint density at radius 3 is 2.62 bits per heavy atom. The molecule has 1 aromatic heterocycles. The van der Waals surface area contributed by atoms with Crippen molar-refractivity contribution in [1.82, 2.24) is 9.47 Å². The molecule has 2 aliphatic heterocycles. The Balaban J connectivity index is 0.00000280. The quantitative estimate of drug-likeness (QED) is 0.363. The lowest BCUT2D eigenvalue weighted by molar-refractivity contribution is 0.145. The molecule has 0 aliphatic carbocycles. The smallest absolute Gasteiger partial charge is 0.161 e. The van der Waals surface area contributed by atoms with Gasteiger partial charge in [-0.2, -0.15) is 0 Å². The molecule has 0 saturated carbocycles. The Morgan fingerprint density at radius 1 is 1.00 bits per heavy atom. The summed E-state index contributed by atoms with van der Waals surface area (Å²) in [5.41, 5.74) is 8.56. The first-order valence-electron chi connectivity index (χ1n) is 12.5. The Bertz CT molecular complexity index is 1440. The van der Waals surface area contributed by atoms with Crippen LogP contribution in [0.1, 0.15) is 47.0 Å². The van der Waals surface area contributed by atoms with Gasteiger partial charge in [0.2, 0.25) is 0 Å². The van der Waals surface area contributed by atoms with Gasteiger partial charge in [-0.25, -0.2) is 0 Å². The normalized spacial score (nSPS) is 16.4. The van der Waals surface area contributed by atoms with E-state index in [2.05, 4.69) is 60.4 Å². The number of aromatic nitrogens is 1. The van der Waals surface area contributed by atoms with Crippen molar-refractivity contribution in [3.8, 4) is 17.2 Å². The lowest BCUT2D eigenvalue weighted by Crippen LogP contribution is -2.39. The average molecular weight is 501 g/mol. The van der Waals surface area contributed by atoms with Crippen molar-refractivity contribution in [3.63, 3.8) is 0 Å². The van der Waals surface area contributed by atoms with E-state index in [9.17, 15) is 5.11 Å². The summed E-state index contributed by atoms with van der Waals surface area (Å²) in [6, 6.07) is 19.1. The van der Waals surface area contributed by atoms with E-state index in [1.165, 1.54) is 27.9 Å². The molecule has 1 N–H and O–H groups in total. The maximum absolute atomic E-state index is 10.2. The van der Waals surface area contributed by atoms with Gasteiger partial charge in [0, 0.05) is 30.2 Å². The Kier molecular flexibility index (Phi) is 6.88. The molecule has 3 heterocycles. The molecule has 2 aliphatic rings. The largest absolute Gasteiger partial charge is 0.497 e. The fourth-order valence-electron chi connectivity index (χ4n) is 5.96. The van der Waals surface area contributed by atoms with Crippen molar-refractivity contribution in [2.75, 3.05) is 20.8 Å². The minimum Gasteiger partial charge on any atom is -0.497 e. The van der Waals surface area contributed by atoms with Gasteiger partial charge in [0.05, 0.1) is 19.7 Å².